The minimum atomic E-state index is 0.0103. The van der Waals surface area contributed by atoms with Crippen molar-refractivity contribution in [3.05, 3.63) is 12.7 Å². The van der Waals surface area contributed by atoms with Crippen LogP contribution in [0.2, 0.25) is 0 Å². The first-order valence-electron chi connectivity index (χ1n) is 5.35. The average molecular weight is 193 g/mol. The molecule has 1 aliphatic rings. The van der Waals surface area contributed by atoms with E-state index < -0.39 is 0 Å². The van der Waals surface area contributed by atoms with Crippen LogP contribution < -0.4 is 0 Å². The third kappa shape index (κ3) is 3.16. The Labute approximate surface area is 86.6 Å². The normalized spacial score (nSPS) is 32.1. The van der Waals surface area contributed by atoms with Crippen LogP contribution in [0.4, 0.5) is 0 Å². The molecule has 0 atom stereocenters. The fraction of sp³-hybridized carbons (Fsp3) is 0.750. The quantitative estimate of drug-likeness (QED) is 0.508. The first-order chi connectivity index (χ1) is 6.70. The van der Waals surface area contributed by atoms with Gasteiger partial charge >= 0.3 is 0 Å². The molecule has 0 aromatic carbocycles. The molecule has 1 saturated carbocycles. The van der Waals surface area contributed by atoms with Crippen molar-refractivity contribution in [2.75, 3.05) is 6.61 Å². The molecule has 0 heterocycles. The molecule has 78 valence electrons. The van der Waals surface area contributed by atoms with E-state index in [1.807, 2.05) is 6.08 Å². The lowest BCUT2D eigenvalue weighted by molar-refractivity contribution is -0.0588. The molecule has 0 spiro atoms. The van der Waals surface area contributed by atoms with Gasteiger partial charge in [0.2, 0.25) is 0 Å². The van der Waals surface area contributed by atoms with Crippen molar-refractivity contribution in [2.45, 2.75) is 44.6 Å². The van der Waals surface area contributed by atoms with E-state index in [1.165, 1.54) is 0 Å². The van der Waals surface area contributed by atoms with Gasteiger partial charge in [-0.15, -0.1) is 6.58 Å². The molecular weight excluding hydrogens is 174 g/mol. The molecule has 0 aromatic rings. The number of rotatable bonds is 4. The largest absolute Gasteiger partial charge is 0.375 e. The van der Waals surface area contributed by atoms with Crippen molar-refractivity contribution in [3.8, 4) is 6.07 Å². The van der Waals surface area contributed by atoms with Crippen molar-refractivity contribution < 1.29 is 4.74 Å². The summed E-state index contributed by atoms with van der Waals surface area (Å²) in [6.45, 7) is 6.59. The van der Waals surface area contributed by atoms with Gasteiger partial charge in [0.15, 0.2) is 0 Å². The minimum absolute atomic E-state index is 0.0103. The average Bonchev–Trinajstić information content (AvgIpc) is 2.19. The lowest BCUT2D eigenvalue weighted by Crippen LogP contribution is -2.34. The SMILES string of the molecule is C=CCCOC1(C)CCC(C#N)CC1. The summed E-state index contributed by atoms with van der Waals surface area (Å²) in [7, 11) is 0. The van der Waals surface area contributed by atoms with Crippen molar-refractivity contribution in [2.24, 2.45) is 5.92 Å². The molecule has 0 amide bonds. The first-order valence-corrected chi connectivity index (χ1v) is 5.35. The second-order valence-corrected chi connectivity index (χ2v) is 4.28. The van der Waals surface area contributed by atoms with Crippen LogP contribution in [-0.4, -0.2) is 12.2 Å². The van der Waals surface area contributed by atoms with Gasteiger partial charge in [-0.25, -0.2) is 0 Å². The summed E-state index contributed by atoms with van der Waals surface area (Å²) in [5, 5.41) is 8.77. The van der Waals surface area contributed by atoms with E-state index in [2.05, 4.69) is 19.6 Å². The van der Waals surface area contributed by atoms with Crippen molar-refractivity contribution in [1.82, 2.24) is 0 Å². The summed E-state index contributed by atoms with van der Waals surface area (Å²) in [6.07, 6.45) is 6.80. The van der Waals surface area contributed by atoms with Crippen molar-refractivity contribution in [1.29, 1.82) is 5.26 Å². The highest BCUT2D eigenvalue weighted by atomic mass is 16.5. The van der Waals surface area contributed by atoms with E-state index in [1.54, 1.807) is 0 Å². The van der Waals surface area contributed by atoms with Crippen LogP contribution in [0, 0.1) is 17.2 Å². The Morgan fingerprint density at radius 3 is 2.71 bits per heavy atom. The van der Waals surface area contributed by atoms with E-state index in [4.69, 9.17) is 10.00 Å². The summed E-state index contributed by atoms with van der Waals surface area (Å²) in [5.74, 6) is 0.256. The Morgan fingerprint density at radius 1 is 1.57 bits per heavy atom. The molecule has 0 saturated heterocycles. The van der Waals surface area contributed by atoms with Gasteiger partial charge in [0.25, 0.3) is 0 Å². The minimum Gasteiger partial charge on any atom is -0.375 e. The van der Waals surface area contributed by atoms with E-state index in [0.29, 0.717) is 0 Å². The van der Waals surface area contributed by atoms with Crippen LogP contribution in [0.5, 0.6) is 0 Å². The zero-order chi connectivity index (χ0) is 10.4. The fourth-order valence-corrected chi connectivity index (χ4v) is 1.89. The maximum Gasteiger partial charge on any atom is 0.0655 e. The Bertz CT molecular complexity index is 221. The molecule has 1 fully saturated rings. The zero-order valence-electron chi connectivity index (χ0n) is 8.96. The highest BCUT2D eigenvalue weighted by molar-refractivity contribution is 4.92. The maximum absolute atomic E-state index is 8.77. The number of nitrogens with zero attached hydrogens (tertiary/aromatic N) is 1. The molecule has 0 unspecified atom stereocenters. The second-order valence-electron chi connectivity index (χ2n) is 4.28. The summed E-state index contributed by atoms with van der Waals surface area (Å²) in [6, 6.07) is 2.34. The monoisotopic (exact) mass is 193 g/mol. The Morgan fingerprint density at radius 2 is 2.21 bits per heavy atom. The highest BCUT2D eigenvalue weighted by Gasteiger charge is 2.31. The van der Waals surface area contributed by atoms with Crippen LogP contribution in [0.3, 0.4) is 0 Å². The molecule has 0 aromatic heterocycles. The van der Waals surface area contributed by atoms with Crippen molar-refractivity contribution in [3.63, 3.8) is 0 Å². The van der Waals surface area contributed by atoms with Gasteiger partial charge in [0, 0.05) is 5.92 Å². The van der Waals surface area contributed by atoms with Crippen LogP contribution in [0.15, 0.2) is 12.7 Å². The predicted molar refractivity (Wildman–Crippen MR) is 56.7 cm³/mol. The Hall–Kier alpha value is -0.810. The summed E-state index contributed by atoms with van der Waals surface area (Å²) in [4.78, 5) is 0. The van der Waals surface area contributed by atoms with Gasteiger partial charge in [-0.3, -0.25) is 0 Å². The maximum atomic E-state index is 8.77. The number of nitriles is 1. The predicted octanol–water partition coefficient (Wildman–Crippen LogP) is 3.05. The Balaban J connectivity index is 2.30. The number of hydrogen-bond donors (Lipinski definition) is 0. The van der Waals surface area contributed by atoms with Crippen LogP contribution in [-0.2, 0) is 4.74 Å². The molecular formula is C12H19NO. The topological polar surface area (TPSA) is 33.0 Å². The third-order valence-electron chi connectivity index (χ3n) is 3.00. The molecule has 1 rings (SSSR count). The van der Waals surface area contributed by atoms with Gasteiger partial charge in [-0.05, 0) is 39.0 Å². The van der Waals surface area contributed by atoms with Gasteiger partial charge < -0.3 is 4.74 Å². The van der Waals surface area contributed by atoms with Crippen LogP contribution in [0.25, 0.3) is 0 Å². The summed E-state index contributed by atoms with van der Waals surface area (Å²) >= 11 is 0. The molecule has 14 heavy (non-hydrogen) atoms. The van der Waals surface area contributed by atoms with Gasteiger partial charge in [-0.2, -0.15) is 5.26 Å². The third-order valence-corrected chi connectivity index (χ3v) is 3.00. The van der Waals surface area contributed by atoms with Gasteiger partial charge in [0.05, 0.1) is 18.3 Å². The Kier molecular flexibility index (Phi) is 4.16. The lowest BCUT2D eigenvalue weighted by Gasteiger charge is -2.35. The molecule has 0 radical (unpaired) electrons. The van der Waals surface area contributed by atoms with E-state index in [9.17, 15) is 0 Å². The van der Waals surface area contributed by atoms with Gasteiger partial charge in [-0.1, -0.05) is 6.08 Å². The van der Waals surface area contributed by atoms with Crippen LogP contribution in [0.1, 0.15) is 39.0 Å². The van der Waals surface area contributed by atoms with Gasteiger partial charge in [0.1, 0.15) is 0 Å². The number of ether oxygens (including phenoxy) is 1. The first kappa shape index (κ1) is 11.3. The van der Waals surface area contributed by atoms with E-state index in [-0.39, 0.29) is 11.5 Å². The molecule has 1 aliphatic carbocycles. The van der Waals surface area contributed by atoms with E-state index in [0.717, 1.165) is 38.7 Å². The molecule has 0 N–H and O–H groups in total. The summed E-state index contributed by atoms with van der Waals surface area (Å²) < 4.78 is 5.82. The van der Waals surface area contributed by atoms with Crippen molar-refractivity contribution >= 4 is 0 Å². The second kappa shape index (κ2) is 5.17. The molecule has 2 nitrogen and oxygen atoms in total. The molecule has 2 heteroatoms. The zero-order valence-corrected chi connectivity index (χ0v) is 8.96. The standard InChI is InChI=1S/C12H19NO/c1-3-4-9-14-12(2)7-5-11(10-13)6-8-12/h3,11H,1,4-9H2,2H3. The number of hydrogen-bond acceptors (Lipinski definition) is 2. The molecule has 0 aliphatic heterocycles. The lowest BCUT2D eigenvalue weighted by atomic mass is 9.80. The van der Waals surface area contributed by atoms with Crippen LogP contribution >= 0.6 is 0 Å². The smallest absolute Gasteiger partial charge is 0.0655 e. The summed E-state index contributed by atoms with van der Waals surface area (Å²) in [5.41, 5.74) is 0.0103. The molecule has 0 bridgehead atoms. The highest BCUT2D eigenvalue weighted by Crippen LogP contribution is 2.34. The fourth-order valence-electron chi connectivity index (χ4n) is 1.89. The van der Waals surface area contributed by atoms with E-state index >= 15 is 0 Å².